The quantitative estimate of drug-likeness (QED) is 0.675. The second kappa shape index (κ2) is 14.7. The van der Waals surface area contributed by atoms with Gasteiger partial charge < -0.3 is 28.8 Å². The lowest BCUT2D eigenvalue weighted by molar-refractivity contribution is -0.0903. The van der Waals surface area contributed by atoms with Crippen LogP contribution in [0, 0.1) is 0 Å². The van der Waals surface area contributed by atoms with E-state index in [2.05, 4.69) is 0 Å². The minimum atomic E-state index is -0.0505. The van der Waals surface area contributed by atoms with Crippen molar-refractivity contribution in [3.8, 4) is 0 Å². The Hall–Kier alpha value is -0.240. The lowest BCUT2D eigenvalue weighted by Crippen LogP contribution is -2.29. The van der Waals surface area contributed by atoms with Crippen LogP contribution in [-0.4, -0.2) is 77.3 Å². The highest BCUT2D eigenvalue weighted by Gasteiger charge is 2.10. The summed E-state index contributed by atoms with van der Waals surface area (Å²) in [5, 5.41) is 8.69. The van der Waals surface area contributed by atoms with Crippen LogP contribution in [0.1, 0.15) is 25.7 Å². The van der Waals surface area contributed by atoms with Crippen LogP contribution in [0.25, 0.3) is 0 Å². The second-order valence-electron chi connectivity index (χ2n) is 5.01. The van der Waals surface area contributed by atoms with Crippen molar-refractivity contribution in [2.45, 2.75) is 31.8 Å². The zero-order valence-electron chi connectivity index (χ0n) is 13.0. The molecule has 0 aromatic rings. The van der Waals surface area contributed by atoms with E-state index in [-0.39, 0.29) is 12.7 Å². The number of rotatable bonds is 8. The molecule has 1 fully saturated rings. The molecule has 0 aromatic carbocycles. The molecule has 0 aromatic heterocycles. The fourth-order valence-corrected chi connectivity index (χ4v) is 1.96. The van der Waals surface area contributed by atoms with E-state index >= 15 is 0 Å². The van der Waals surface area contributed by atoms with Gasteiger partial charge in [0, 0.05) is 13.2 Å². The van der Waals surface area contributed by atoms with Crippen molar-refractivity contribution >= 4 is 0 Å². The summed E-state index contributed by atoms with van der Waals surface area (Å²) in [6, 6.07) is 0. The van der Waals surface area contributed by atoms with E-state index in [9.17, 15) is 0 Å². The summed E-state index contributed by atoms with van der Waals surface area (Å²) < 4.78 is 27.6. The number of hydrogen-bond acceptors (Lipinski definition) is 6. The average Bonchev–Trinajstić information content (AvgIpc) is 2.48. The Bertz CT molecular complexity index is 202. The molecule has 0 bridgehead atoms. The molecule has 1 saturated heterocycles. The molecule has 1 aliphatic rings. The number of aliphatic hydroxyl groups is 1. The number of hydrogen-bond donors (Lipinski definition) is 1. The summed E-state index contributed by atoms with van der Waals surface area (Å²) >= 11 is 0. The second-order valence-corrected chi connectivity index (χ2v) is 5.01. The van der Waals surface area contributed by atoms with Crippen molar-refractivity contribution in [1.82, 2.24) is 0 Å². The SMILES string of the molecule is OCCCCCCOCC1COCCOCCOCCO1. The highest BCUT2D eigenvalue weighted by Crippen LogP contribution is 2.02. The van der Waals surface area contributed by atoms with E-state index in [1.165, 1.54) is 0 Å². The minimum absolute atomic E-state index is 0.0505. The predicted molar refractivity (Wildman–Crippen MR) is 78.6 cm³/mol. The molecule has 1 N–H and O–H groups in total. The van der Waals surface area contributed by atoms with E-state index < -0.39 is 0 Å². The van der Waals surface area contributed by atoms with Gasteiger partial charge in [-0.05, 0) is 12.8 Å². The molecule has 0 aliphatic carbocycles. The Balaban J connectivity index is 2.05. The molecular formula is C15H30O6. The fraction of sp³-hybridized carbons (Fsp3) is 1.00. The van der Waals surface area contributed by atoms with Gasteiger partial charge in [-0.2, -0.15) is 0 Å². The van der Waals surface area contributed by atoms with Gasteiger partial charge in [0.2, 0.25) is 0 Å². The van der Waals surface area contributed by atoms with Crippen LogP contribution in [0.5, 0.6) is 0 Å². The van der Waals surface area contributed by atoms with Crippen molar-refractivity contribution in [2.75, 3.05) is 66.1 Å². The van der Waals surface area contributed by atoms with Gasteiger partial charge >= 0.3 is 0 Å². The van der Waals surface area contributed by atoms with Gasteiger partial charge in [0.15, 0.2) is 0 Å². The Morgan fingerprint density at radius 3 is 2.24 bits per heavy atom. The highest BCUT2D eigenvalue weighted by atomic mass is 16.6. The summed E-state index contributed by atoms with van der Waals surface area (Å²) in [5.41, 5.74) is 0. The summed E-state index contributed by atoms with van der Waals surface area (Å²) in [6.45, 7) is 5.54. The number of ether oxygens (including phenoxy) is 5. The summed E-state index contributed by atoms with van der Waals surface area (Å²) in [5.74, 6) is 0. The Morgan fingerprint density at radius 1 is 0.810 bits per heavy atom. The van der Waals surface area contributed by atoms with E-state index in [4.69, 9.17) is 28.8 Å². The first-order chi connectivity index (χ1) is 10.4. The Kier molecular flexibility index (Phi) is 13.2. The van der Waals surface area contributed by atoms with Gasteiger partial charge in [0.1, 0.15) is 6.10 Å². The molecule has 1 atom stereocenters. The standard InChI is InChI=1S/C15H30O6/c16-5-3-1-2-4-6-19-13-15-14-20-10-9-17-7-8-18-11-12-21-15/h15-16H,1-14H2. The summed E-state index contributed by atoms with van der Waals surface area (Å²) in [4.78, 5) is 0. The predicted octanol–water partition coefficient (Wildman–Crippen LogP) is 1.00. The smallest absolute Gasteiger partial charge is 0.104 e. The van der Waals surface area contributed by atoms with Crippen LogP contribution >= 0.6 is 0 Å². The average molecular weight is 306 g/mol. The molecule has 1 rings (SSSR count). The lowest BCUT2D eigenvalue weighted by Gasteiger charge is -2.19. The monoisotopic (exact) mass is 306 g/mol. The van der Waals surface area contributed by atoms with Gasteiger partial charge in [-0.3, -0.25) is 0 Å². The van der Waals surface area contributed by atoms with Gasteiger partial charge in [-0.15, -0.1) is 0 Å². The van der Waals surface area contributed by atoms with Crippen molar-refractivity contribution < 1.29 is 28.8 Å². The molecule has 0 spiro atoms. The van der Waals surface area contributed by atoms with Crippen molar-refractivity contribution in [2.24, 2.45) is 0 Å². The minimum Gasteiger partial charge on any atom is -0.396 e. The number of aliphatic hydroxyl groups excluding tert-OH is 1. The summed E-state index contributed by atoms with van der Waals surface area (Å²) in [7, 11) is 0. The largest absolute Gasteiger partial charge is 0.396 e. The fourth-order valence-electron chi connectivity index (χ4n) is 1.96. The molecule has 1 aliphatic heterocycles. The van der Waals surface area contributed by atoms with Crippen molar-refractivity contribution in [3.63, 3.8) is 0 Å². The van der Waals surface area contributed by atoms with Gasteiger partial charge in [-0.25, -0.2) is 0 Å². The molecular weight excluding hydrogens is 276 g/mol. The maximum atomic E-state index is 8.69. The molecule has 21 heavy (non-hydrogen) atoms. The van der Waals surface area contributed by atoms with E-state index in [1.54, 1.807) is 0 Å². The normalized spacial score (nSPS) is 22.4. The number of unbranched alkanes of at least 4 members (excludes halogenated alkanes) is 3. The third-order valence-electron chi connectivity index (χ3n) is 3.13. The van der Waals surface area contributed by atoms with Crippen LogP contribution in [0.15, 0.2) is 0 Å². The van der Waals surface area contributed by atoms with Crippen LogP contribution in [0.2, 0.25) is 0 Å². The Morgan fingerprint density at radius 2 is 1.48 bits per heavy atom. The summed E-state index contributed by atoms with van der Waals surface area (Å²) in [6.07, 6.45) is 3.99. The molecule has 6 heteroatoms. The molecule has 1 unspecified atom stereocenters. The van der Waals surface area contributed by atoms with E-state index in [0.29, 0.717) is 52.9 Å². The highest BCUT2D eigenvalue weighted by molar-refractivity contribution is 4.56. The van der Waals surface area contributed by atoms with Crippen LogP contribution in [0.3, 0.4) is 0 Å². The molecule has 0 saturated carbocycles. The Labute approximate surface area is 127 Å². The van der Waals surface area contributed by atoms with E-state index in [1.807, 2.05) is 0 Å². The third kappa shape index (κ3) is 12.0. The molecule has 6 nitrogen and oxygen atoms in total. The first-order valence-corrected chi connectivity index (χ1v) is 7.97. The maximum Gasteiger partial charge on any atom is 0.104 e. The van der Waals surface area contributed by atoms with Gasteiger partial charge in [-0.1, -0.05) is 12.8 Å². The first-order valence-electron chi connectivity index (χ1n) is 7.97. The van der Waals surface area contributed by atoms with Gasteiger partial charge in [0.05, 0.1) is 52.9 Å². The first kappa shape index (κ1) is 18.8. The molecule has 0 radical (unpaired) electrons. The van der Waals surface area contributed by atoms with Crippen LogP contribution < -0.4 is 0 Å². The lowest BCUT2D eigenvalue weighted by atomic mass is 10.2. The van der Waals surface area contributed by atoms with Crippen molar-refractivity contribution in [1.29, 1.82) is 0 Å². The zero-order valence-corrected chi connectivity index (χ0v) is 13.0. The molecule has 126 valence electrons. The molecule has 1 heterocycles. The van der Waals surface area contributed by atoms with Crippen molar-refractivity contribution in [3.05, 3.63) is 0 Å². The van der Waals surface area contributed by atoms with Gasteiger partial charge in [0.25, 0.3) is 0 Å². The zero-order chi connectivity index (χ0) is 15.0. The van der Waals surface area contributed by atoms with Crippen LogP contribution in [-0.2, 0) is 23.7 Å². The van der Waals surface area contributed by atoms with E-state index in [0.717, 1.165) is 32.3 Å². The van der Waals surface area contributed by atoms with Crippen LogP contribution in [0.4, 0.5) is 0 Å². The topological polar surface area (TPSA) is 66.4 Å². The molecule has 0 amide bonds. The maximum absolute atomic E-state index is 8.69. The third-order valence-corrected chi connectivity index (χ3v) is 3.13.